The maximum absolute atomic E-state index is 11.9. The summed E-state index contributed by atoms with van der Waals surface area (Å²) in [5.74, 6) is 0. The van der Waals surface area contributed by atoms with Gasteiger partial charge in [-0.05, 0) is 48.6 Å². The van der Waals surface area contributed by atoms with Crippen molar-refractivity contribution in [3.63, 3.8) is 0 Å². The summed E-state index contributed by atoms with van der Waals surface area (Å²) < 4.78 is 23.7. The molecule has 0 heterocycles. The van der Waals surface area contributed by atoms with Gasteiger partial charge in [0.05, 0.1) is 4.90 Å². The van der Waals surface area contributed by atoms with E-state index in [1.165, 1.54) is 6.07 Å². The van der Waals surface area contributed by atoms with Crippen LogP contribution < -0.4 is 0 Å². The molecule has 1 rings (SSSR count). The lowest BCUT2D eigenvalue weighted by molar-refractivity contribution is 0.108. The third-order valence-corrected chi connectivity index (χ3v) is 4.36. The lowest BCUT2D eigenvalue weighted by atomic mass is 10.0. The largest absolute Gasteiger partial charge is 0.276 e. The Bertz CT molecular complexity index is 631. The van der Waals surface area contributed by atoms with Crippen LogP contribution in [0.25, 0.3) is 0 Å². The highest BCUT2D eigenvalue weighted by Crippen LogP contribution is 2.23. The molecule has 0 amide bonds. The minimum Gasteiger partial charge on any atom is -0.276 e. The van der Waals surface area contributed by atoms with Gasteiger partial charge in [-0.25, -0.2) is 8.42 Å². The third kappa shape index (κ3) is 4.46. The van der Waals surface area contributed by atoms with Gasteiger partial charge in [-0.15, -0.1) is 0 Å². The van der Waals surface area contributed by atoms with E-state index in [9.17, 15) is 13.2 Å². The summed E-state index contributed by atoms with van der Waals surface area (Å²) in [6, 6.07) is 3.10. The van der Waals surface area contributed by atoms with Crippen LogP contribution in [0.2, 0.25) is 0 Å². The molecular weight excluding hydrogens is 296 g/mol. The first-order valence-electron chi connectivity index (χ1n) is 6.45. The third-order valence-electron chi connectivity index (χ3n) is 2.98. The van der Waals surface area contributed by atoms with Crippen LogP contribution in [0, 0.1) is 6.92 Å². The molecule has 3 nitrogen and oxygen atoms in total. The number of unbranched alkanes of at least 4 members (excludes halogenated alkanes) is 1. The fourth-order valence-electron chi connectivity index (χ4n) is 1.96. The van der Waals surface area contributed by atoms with Crippen molar-refractivity contribution in [3.05, 3.63) is 41.0 Å². The maximum Gasteiger partial charge on any atom is 0.252 e. The highest BCUT2D eigenvalue weighted by atomic mass is 35.5. The van der Waals surface area contributed by atoms with Crippen molar-refractivity contribution in [1.29, 1.82) is 0 Å². The van der Waals surface area contributed by atoms with Crippen LogP contribution >= 0.6 is 11.6 Å². The molecule has 0 bridgehead atoms. The van der Waals surface area contributed by atoms with Crippen molar-refractivity contribution >= 4 is 26.7 Å². The average molecular weight is 315 g/mol. The van der Waals surface area contributed by atoms with Crippen LogP contribution in [-0.4, -0.2) is 19.9 Å². The molecule has 0 unspecified atom stereocenters. The monoisotopic (exact) mass is 314 g/mol. The Balaban J connectivity index is 3.29. The zero-order valence-corrected chi connectivity index (χ0v) is 13.5. The predicted octanol–water partition coefficient (Wildman–Crippen LogP) is 3.68. The van der Waals surface area contributed by atoms with Gasteiger partial charge in [-0.3, -0.25) is 4.79 Å². The lowest BCUT2D eigenvalue weighted by Crippen LogP contribution is -2.06. The van der Waals surface area contributed by atoms with E-state index in [1.54, 1.807) is 13.0 Å². The molecule has 0 saturated heterocycles. The molecule has 110 valence electrons. The van der Waals surface area contributed by atoms with E-state index < -0.39 is 15.1 Å². The molecule has 0 aromatic heterocycles. The summed E-state index contributed by atoms with van der Waals surface area (Å²) in [5, 5.41) is -0.638. The van der Waals surface area contributed by atoms with Gasteiger partial charge in [0.2, 0.25) is 0 Å². The Labute approximate surface area is 125 Å². The molecule has 0 radical (unpaired) electrons. The summed E-state index contributed by atoms with van der Waals surface area (Å²) in [4.78, 5) is 11.5. The van der Waals surface area contributed by atoms with Crippen molar-refractivity contribution in [1.82, 2.24) is 0 Å². The Kier molecular flexibility index (Phi) is 5.96. The van der Waals surface area contributed by atoms with E-state index in [1.807, 2.05) is 12.2 Å². The molecular formula is C15H19ClO3S. The van der Waals surface area contributed by atoms with Crippen molar-refractivity contribution in [2.24, 2.45) is 0 Å². The standard InChI is InChI=1S/C15H19ClO3S/c1-4-5-6-7-8-12-9-11(2)13(15(16)17)10-14(12)20(3,18)19/h6-7,9-10H,4-5,8H2,1-3H3/b7-6+. The molecule has 1 aromatic rings. The van der Waals surface area contributed by atoms with Crippen LogP contribution in [0.3, 0.4) is 0 Å². The van der Waals surface area contributed by atoms with Crippen molar-refractivity contribution in [2.75, 3.05) is 6.26 Å². The number of halogens is 1. The fourth-order valence-corrected chi connectivity index (χ4v) is 3.11. The molecule has 0 aliphatic rings. The van der Waals surface area contributed by atoms with Crippen LogP contribution in [0.4, 0.5) is 0 Å². The Hall–Kier alpha value is -1.13. The molecule has 0 N–H and O–H groups in total. The molecule has 0 fully saturated rings. The Morgan fingerprint density at radius 1 is 1.30 bits per heavy atom. The van der Waals surface area contributed by atoms with Gasteiger partial charge in [-0.1, -0.05) is 31.6 Å². The number of sulfone groups is 1. The first kappa shape index (κ1) is 16.9. The second-order valence-corrected chi connectivity index (χ2v) is 7.11. The van der Waals surface area contributed by atoms with Crippen LogP contribution in [0.15, 0.2) is 29.2 Å². The van der Waals surface area contributed by atoms with Crippen molar-refractivity contribution in [3.8, 4) is 0 Å². The number of hydrogen-bond acceptors (Lipinski definition) is 3. The smallest absolute Gasteiger partial charge is 0.252 e. The highest BCUT2D eigenvalue weighted by Gasteiger charge is 2.17. The Morgan fingerprint density at radius 2 is 1.95 bits per heavy atom. The molecule has 0 aliphatic heterocycles. The SMILES string of the molecule is CCC/C=C/Cc1cc(C)c(C(=O)Cl)cc1S(C)(=O)=O. The minimum atomic E-state index is -3.39. The van der Waals surface area contributed by atoms with Gasteiger partial charge in [0, 0.05) is 11.8 Å². The number of aryl methyl sites for hydroxylation is 1. The first-order valence-corrected chi connectivity index (χ1v) is 8.72. The summed E-state index contributed by atoms with van der Waals surface area (Å²) >= 11 is 5.48. The van der Waals surface area contributed by atoms with Gasteiger partial charge in [-0.2, -0.15) is 0 Å². The number of allylic oxidation sites excluding steroid dienone is 2. The average Bonchev–Trinajstić information content (AvgIpc) is 2.32. The Morgan fingerprint density at radius 3 is 2.45 bits per heavy atom. The quantitative estimate of drug-likeness (QED) is 0.594. The number of carbonyl (C=O) groups excluding carboxylic acids is 1. The summed E-state index contributed by atoms with van der Waals surface area (Å²) in [6.07, 6.45) is 7.66. The van der Waals surface area contributed by atoms with Crippen molar-refractivity contribution < 1.29 is 13.2 Å². The van der Waals surface area contributed by atoms with Crippen molar-refractivity contribution in [2.45, 2.75) is 38.0 Å². The number of benzene rings is 1. The van der Waals surface area contributed by atoms with E-state index >= 15 is 0 Å². The van der Waals surface area contributed by atoms with Crippen LogP contribution in [0.5, 0.6) is 0 Å². The van der Waals surface area contributed by atoms with Gasteiger partial charge >= 0.3 is 0 Å². The number of rotatable bonds is 6. The molecule has 0 aliphatic carbocycles. The zero-order chi connectivity index (χ0) is 15.3. The molecule has 1 aromatic carbocycles. The lowest BCUT2D eigenvalue weighted by Gasteiger charge is -2.10. The molecule has 0 saturated carbocycles. The van der Waals surface area contributed by atoms with Crippen LogP contribution in [-0.2, 0) is 16.3 Å². The molecule has 5 heteroatoms. The van der Waals surface area contributed by atoms with E-state index in [4.69, 9.17) is 11.6 Å². The summed E-state index contributed by atoms with van der Waals surface area (Å²) in [7, 11) is -3.39. The number of hydrogen-bond donors (Lipinski definition) is 0. The topological polar surface area (TPSA) is 51.2 Å². The second-order valence-electron chi connectivity index (χ2n) is 4.78. The zero-order valence-electron chi connectivity index (χ0n) is 11.9. The first-order chi connectivity index (χ1) is 9.27. The van der Waals surface area contributed by atoms with E-state index in [0.29, 0.717) is 17.5 Å². The normalized spacial score (nSPS) is 12.0. The van der Waals surface area contributed by atoms with Gasteiger partial charge in [0.25, 0.3) is 5.24 Å². The fraction of sp³-hybridized carbons (Fsp3) is 0.400. The maximum atomic E-state index is 11.9. The van der Waals surface area contributed by atoms with Crippen LogP contribution in [0.1, 0.15) is 41.3 Å². The number of carbonyl (C=O) groups is 1. The molecule has 0 spiro atoms. The molecule has 20 heavy (non-hydrogen) atoms. The van der Waals surface area contributed by atoms with E-state index in [-0.39, 0.29) is 10.5 Å². The van der Waals surface area contributed by atoms with E-state index in [0.717, 1.165) is 19.1 Å². The second kappa shape index (κ2) is 7.04. The van der Waals surface area contributed by atoms with Gasteiger partial charge < -0.3 is 0 Å². The van der Waals surface area contributed by atoms with E-state index in [2.05, 4.69) is 6.92 Å². The van der Waals surface area contributed by atoms with Gasteiger partial charge in [0.1, 0.15) is 0 Å². The minimum absolute atomic E-state index is 0.174. The molecule has 0 atom stereocenters. The summed E-state index contributed by atoms with van der Waals surface area (Å²) in [5.41, 5.74) is 1.63. The van der Waals surface area contributed by atoms with Gasteiger partial charge in [0.15, 0.2) is 9.84 Å². The summed E-state index contributed by atoms with van der Waals surface area (Å²) in [6.45, 7) is 3.83. The highest BCUT2D eigenvalue weighted by molar-refractivity contribution is 7.90. The predicted molar refractivity (Wildman–Crippen MR) is 82.2 cm³/mol.